The van der Waals surface area contributed by atoms with Gasteiger partial charge < -0.3 is 15.5 Å². The van der Waals surface area contributed by atoms with Gasteiger partial charge in [0, 0.05) is 38.2 Å². The predicted molar refractivity (Wildman–Crippen MR) is 109 cm³/mol. The Morgan fingerprint density at radius 2 is 1.74 bits per heavy atom. The zero-order valence-corrected chi connectivity index (χ0v) is 15.5. The van der Waals surface area contributed by atoms with E-state index in [1.54, 1.807) is 12.3 Å². The van der Waals surface area contributed by atoms with Crippen LogP contribution in [0.25, 0.3) is 0 Å². The van der Waals surface area contributed by atoms with Gasteiger partial charge in [0.05, 0.1) is 0 Å². The third kappa shape index (κ3) is 5.28. The zero-order valence-electron chi connectivity index (χ0n) is 15.5. The number of aromatic nitrogens is 2. The molecule has 0 aliphatic rings. The molecule has 0 radical (unpaired) electrons. The SMILES string of the molecule is CN(C)c1ccc(NC(=O)c2ccnc(NCCc3ccccc3)n2)cc1. The molecular weight excluding hydrogens is 338 g/mol. The van der Waals surface area contributed by atoms with Gasteiger partial charge in [-0.25, -0.2) is 9.97 Å². The molecule has 6 heteroatoms. The molecule has 6 nitrogen and oxygen atoms in total. The van der Waals surface area contributed by atoms with Crippen LogP contribution in [0.3, 0.4) is 0 Å². The van der Waals surface area contributed by atoms with Crippen molar-refractivity contribution in [2.24, 2.45) is 0 Å². The average Bonchev–Trinajstić information content (AvgIpc) is 2.69. The predicted octanol–water partition coefficient (Wildman–Crippen LogP) is 3.45. The molecule has 0 bridgehead atoms. The Kier molecular flexibility index (Phi) is 5.99. The van der Waals surface area contributed by atoms with Gasteiger partial charge in [-0.1, -0.05) is 30.3 Å². The highest BCUT2D eigenvalue weighted by atomic mass is 16.1. The monoisotopic (exact) mass is 361 g/mol. The summed E-state index contributed by atoms with van der Waals surface area (Å²) in [7, 11) is 3.95. The molecule has 27 heavy (non-hydrogen) atoms. The maximum Gasteiger partial charge on any atom is 0.274 e. The summed E-state index contributed by atoms with van der Waals surface area (Å²) in [6.07, 6.45) is 2.45. The van der Waals surface area contributed by atoms with Gasteiger partial charge in [-0.3, -0.25) is 4.79 Å². The Morgan fingerprint density at radius 1 is 1.00 bits per heavy atom. The lowest BCUT2D eigenvalue weighted by Gasteiger charge is -2.13. The van der Waals surface area contributed by atoms with E-state index in [0.29, 0.717) is 18.2 Å². The molecule has 0 aliphatic carbocycles. The minimum atomic E-state index is -0.263. The Bertz CT molecular complexity index is 879. The van der Waals surface area contributed by atoms with E-state index in [1.165, 1.54) is 5.56 Å². The Balaban J connectivity index is 1.58. The van der Waals surface area contributed by atoms with Crippen molar-refractivity contribution in [3.63, 3.8) is 0 Å². The summed E-state index contributed by atoms with van der Waals surface area (Å²) < 4.78 is 0. The summed E-state index contributed by atoms with van der Waals surface area (Å²) in [5.41, 5.74) is 3.35. The minimum absolute atomic E-state index is 0.263. The van der Waals surface area contributed by atoms with Gasteiger partial charge in [-0.2, -0.15) is 0 Å². The molecular formula is C21H23N5O. The number of carbonyl (C=O) groups excluding carboxylic acids is 1. The summed E-state index contributed by atoms with van der Waals surface area (Å²) >= 11 is 0. The summed E-state index contributed by atoms with van der Waals surface area (Å²) in [6, 6.07) is 19.4. The fourth-order valence-corrected chi connectivity index (χ4v) is 2.57. The van der Waals surface area contributed by atoms with Gasteiger partial charge in [0.1, 0.15) is 5.69 Å². The van der Waals surface area contributed by atoms with Crippen LogP contribution in [-0.4, -0.2) is 36.5 Å². The third-order valence-corrected chi connectivity index (χ3v) is 4.07. The molecule has 1 heterocycles. The van der Waals surface area contributed by atoms with E-state index in [0.717, 1.165) is 17.8 Å². The van der Waals surface area contributed by atoms with E-state index in [1.807, 2.05) is 61.5 Å². The number of nitrogens with zero attached hydrogens (tertiary/aromatic N) is 3. The van der Waals surface area contributed by atoms with Crippen molar-refractivity contribution in [3.8, 4) is 0 Å². The van der Waals surface area contributed by atoms with Crippen LogP contribution >= 0.6 is 0 Å². The third-order valence-electron chi connectivity index (χ3n) is 4.07. The van der Waals surface area contributed by atoms with Crippen molar-refractivity contribution in [1.82, 2.24) is 9.97 Å². The molecule has 2 aromatic carbocycles. The molecule has 1 amide bonds. The molecule has 0 aliphatic heterocycles. The van der Waals surface area contributed by atoms with Crippen molar-refractivity contribution < 1.29 is 4.79 Å². The molecule has 0 fully saturated rings. The van der Waals surface area contributed by atoms with Crippen LogP contribution < -0.4 is 15.5 Å². The number of nitrogens with one attached hydrogen (secondary N) is 2. The van der Waals surface area contributed by atoms with Crippen molar-refractivity contribution in [1.29, 1.82) is 0 Å². The van der Waals surface area contributed by atoms with E-state index in [4.69, 9.17) is 0 Å². The molecule has 1 aromatic heterocycles. The van der Waals surface area contributed by atoms with Gasteiger partial charge in [0.15, 0.2) is 0 Å². The molecule has 0 spiro atoms. The standard InChI is InChI=1S/C21H23N5O/c1-26(2)18-10-8-17(9-11-18)24-20(27)19-13-15-23-21(25-19)22-14-12-16-6-4-3-5-7-16/h3-11,13,15H,12,14H2,1-2H3,(H,24,27)(H,22,23,25). The molecule has 138 valence electrons. The number of hydrogen-bond acceptors (Lipinski definition) is 5. The summed E-state index contributed by atoms with van der Waals surface area (Å²) in [5.74, 6) is 0.183. The molecule has 3 aromatic rings. The van der Waals surface area contributed by atoms with Crippen molar-refractivity contribution >= 4 is 23.2 Å². The summed E-state index contributed by atoms with van der Waals surface area (Å²) in [4.78, 5) is 22.9. The van der Waals surface area contributed by atoms with Crippen LogP contribution in [0, 0.1) is 0 Å². The van der Waals surface area contributed by atoms with Gasteiger partial charge in [0.25, 0.3) is 5.91 Å². The second-order valence-electron chi connectivity index (χ2n) is 6.32. The number of hydrogen-bond donors (Lipinski definition) is 2. The number of benzene rings is 2. The van der Waals surface area contributed by atoms with Crippen molar-refractivity contribution in [2.75, 3.05) is 36.2 Å². The lowest BCUT2D eigenvalue weighted by atomic mass is 10.1. The maximum atomic E-state index is 12.4. The van der Waals surface area contributed by atoms with E-state index in [9.17, 15) is 4.79 Å². The first kappa shape index (κ1) is 18.4. The largest absolute Gasteiger partial charge is 0.378 e. The Labute approximate surface area is 159 Å². The Morgan fingerprint density at radius 3 is 2.44 bits per heavy atom. The molecule has 0 unspecified atom stereocenters. The fourth-order valence-electron chi connectivity index (χ4n) is 2.57. The van der Waals surface area contributed by atoms with E-state index < -0.39 is 0 Å². The number of amides is 1. The quantitative estimate of drug-likeness (QED) is 0.674. The van der Waals surface area contributed by atoms with Crippen LogP contribution in [-0.2, 0) is 6.42 Å². The zero-order chi connectivity index (χ0) is 19.1. The second-order valence-corrected chi connectivity index (χ2v) is 6.32. The molecule has 3 rings (SSSR count). The van der Waals surface area contributed by atoms with Crippen LogP contribution in [0.5, 0.6) is 0 Å². The Hall–Kier alpha value is -3.41. The van der Waals surface area contributed by atoms with Crippen LogP contribution in [0.15, 0.2) is 66.9 Å². The van der Waals surface area contributed by atoms with E-state index in [-0.39, 0.29) is 5.91 Å². The van der Waals surface area contributed by atoms with Crippen molar-refractivity contribution in [3.05, 3.63) is 78.1 Å². The highest BCUT2D eigenvalue weighted by Crippen LogP contribution is 2.16. The van der Waals surface area contributed by atoms with Gasteiger partial charge >= 0.3 is 0 Å². The lowest BCUT2D eigenvalue weighted by molar-refractivity contribution is 0.102. The van der Waals surface area contributed by atoms with Crippen molar-refractivity contribution in [2.45, 2.75) is 6.42 Å². The smallest absolute Gasteiger partial charge is 0.274 e. The second kappa shape index (κ2) is 8.80. The number of carbonyl (C=O) groups is 1. The molecule has 2 N–H and O–H groups in total. The summed E-state index contributed by atoms with van der Waals surface area (Å²) in [6.45, 7) is 0.696. The van der Waals surface area contributed by atoms with Gasteiger partial charge in [-0.15, -0.1) is 0 Å². The topological polar surface area (TPSA) is 70.2 Å². The lowest BCUT2D eigenvalue weighted by Crippen LogP contribution is -2.16. The van der Waals surface area contributed by atoms with E-state index >= 15 is 0 Å². The van der Waals surface area contributed by atoms with Gasteiger partial charge in [-0.05, 0) is 42.3 Å². The molecule has 0 saturated carbocycles. The first-order chi connectivity index (χ1) is 13.1. The minimum Gasteiger partial charge on any atom is -0.378 e. The summed E-state index contributed by atoms with van der Waals surface area (Å²) in [5, 5.41) is 6.02. The van der Waals surface area contributed by atoms with Crippen LogP contribution in [0.2, 0.25) is 0 Å². The van der Waals surface area contributed by atoms with E-state index in [2.05, 4.69) is 32.7 Å². The maximum absolute atomic E-state index is 12.4. The molecule has 0 atom stereocenters. The van der Waals surface area contributed by atoms with Gasteiger partial charge in [0.2, 0.25) is 5.95 Å². The number of anilines is 3. The molecule has 0 saturated heterocycles. The van der Waals surface area contributed by atoms with Crippen LogP contribution in [0.1, 0.15) is 16.1 Å². The van der Waals surface area contributed by atoms with Crippen LogP contribution in [0.4, 0.5) is 17.3 Å². The first-order valence-electron chi connectivity index (χ1n) is 8.81. The number of rotatable bonds is 7. The fraction of sp³-hybridized carbons (Fsp3) is 0.190. The highest BCUT2D eigenvalue weighted by molar-refractivity contribution is 6.03. The highest BCUT2D eigenvalue weighted by Gasteiger charge is 2.09. The average molecular weight is 361 g/mol. The first-order valence-corrected chi connectivity index (χ1v) is 8.81. The normalized spacial score (nSPS) is 10.3.